The fraction of sp³-hybridized carbons (Fsp3) is 0.304. The molecule has 0 bridgehead atoms. The summed E-state index contributed by atoms with van der Waals surface area (Å²) in [6.07, 6.45) is 0. The molecule has 0 aliphatic rings. The zero-order chi connectivity index (χ0) is 20.8. The van der Waals surface area contributed by atoms with Gasteiger partial charge in [0, 0.05) is 17.5 Å². The first kappa shape index (κ1) is 21.0. The standard InChI is InChI=1S/C23H25FN2O2S/c1-16(2)12-26(23(27)18-8-10-19(24)11-9-18)13-20-15-29-22(25-20)14-28-21-7-5-4-6-17(21)3/h4-11,15-16H,12-14H2,1-3H3. The van der Waals surface area contributed by atoms with Gasteiger partial charge in [0.2, 0.25) is 0 Å². The van der Waals surface area contributed by atoms with Gasteiger partial charge in [-0.1, -0.05) is 32.0 Å². The first-order valence-corrected chi connectivity index (χ1v) is 10.5. The van der Waals surface area contributed by atoms with Crippen LogP contribution in [0.3, 0.4) is 0 Å². The maximum Gasteiger partial charge on any atom is 0.254 e. The Morgan fingerprint density at radius 3 is 2.59 bits per heavy atom. The van der Waals surface area contributed by atoms with Crippen LogP contribution in [-0.4, -0.2) is 22.3 Å². The van der Waals surface area contributed by atoms with Gasteiger partial charge in [-0.15, -0.1) is 11.3 Å². The number of hydrogen-bond donors (Lipinski definition) is 0. The van der Waals surface area contributed by atoms with E-state index in [0.29, 0.717) is 31.2 Å². The van der Waals surface area contributed by atoms with Gasteiger partial charge in [0.05, 0.1) is 12.2 Å². The lowest BCUT2D eigenvalue weighted by Crippen LogP contribution is -2.33. The molecule has 0 N–H and O–H groups in total. The second kappa shape index (κ2) is 9.65. The van der Waals surface area contributed by atoms with Gasteiger partial charge in [0.1, 0.15) is 23.2 Å². The molecule has 0 atom stereocenters. The molecule has 0 fully saturated rings. The van der Waals surface area contributed by atoms with Crippen molar-refractivity contribution in [1.82, 2.24) is 9.88 Å². The Kier molecular flexibility index (Phi) is 6.99. The van der Waals surface area contributed by atoms with Crippen LogP contribution >= 0.6 is 11.3 Å². The van der Waals surface area contributed by atoms with Crippen molar-refractivity contribution in [3.63, 3.8) is 0 Å². The van der Waals surface area contributed by atoms with Gasteiger partial charge in [-0.05, 0) is 48.7 Å². The van der Waals surface area contributed by atoms with Gasteiger partial charge in [0.15, 0.2) is 0 Å². The predicted molar refractivity (Wildman–Crippen MR) is 114 cm³/mol. The number of ether oxygens (including phenoxy) is 1. The van der Waals surface area contributed by atoms with Crippen LogP contribution in [0.2, 0.25) is 0 Å². The monoisotopic (exact) mass is 412 g/mol. The molecule has 1 heterocycles. The minimum absolute atomic E-state index is 0.121. The molecule has 0 unspecified atom stereocenters. The Hall–Kier alpha value is -2.73. The number of rotatable bonds is 8. The van der Waals surface area contributed by atoms with E-state index in [0.717, 1.165) is 22.0 Å². The average molecular weight is 413 g/mol. The van der Waals surface area contributed by atoms with Gasteiger partial charge in [-0.2, -0.15) is 0 Å². The fourth-order valence-corrected chi connectivity index (χ4v) is 3.67. The smallest absolute Gasteiger partial charge is 0.254 e. The number of aromatic nitrogens is 1. The van der Waals surface area contributed by atoms with Crippen molar-refractivity contribution < 1.29 is 13.9 Å². The molecular formula is C23H25FN2O2S. The summed E-state index contributed by atoms with van der Waals surface area (Å²) >= 11 is 1.52. The molecule has 29 heavy (non-hydrogen) atoms. The number of thiazole rings is 1. The third kappa shape index (κ3) is 5.87. The molecule has 0 aliphatic heterocycles. The van der Waals surface area contributed by atoms with E-state index in [1.807, 2.05) is 36.6 Å². The molecule has 3 aromatic rings. The first-order chi connectivity index (χ1) is 13.9. The number of halogens is 1. The molecule has 1 amide bonds. The first-order valence-electron chi connectivity index (χ1n) is 9.59. The average Bonchev–Trinajstić information content (AvgIpc) is 3.14. The third-order valence-corrected chi connectivity index (χ3v) is 5.23. The summed E-state index contributed by atoms with van der Waals surface area (Å²) < 4.78 is 19.1. The summed E-state index contributed by atoms with van der Waals surface area (Å²) in [6.45, 7) is 7.54. The van der Waals surface area contributed by atoms with Crippen LogP contribution in [0.5, 0.6) is 5.75 Å². The van der Waals surface area contributed by atoms with E-state index in [1.54, 1.807) is 4.90 Å². The lowest BCUT2D eigenvalue weighted by Gasteiger charge is -2.24. The number of hydrogen-bond acceptors (Lipinski definition) is 4. The Morgan fingerprint density at radius 2 is 1.90 bits per heavy atom. The van der Waals surface area contributed by atoms with Gasteiger partial charge in [-0.3, -0.25) is 4.79 Å². The molecule has 0 aliphatic carbocycles. The largest absolute Gasteiger partial charge is 0.486 e. The number of amides is 1. The highest BCUT2D eigenvalue weighted by atomic mass is 32.1. The van der Waals surface area contributed by atoms with Crippen molar-refractivity contribution in [3.05, 3.63) is 81.6 Å². The van der Waals surface area contributed by atoms with Crippen molar-refractivity contribution in [2.45, 2.75) is 33.9 Å². The SMILES string of the molecule is Cc1ccccc1OCc1nc(CN(CC(C)C)C(=O)c2ccc(F)cc2)cs1. The van der Waals surface area contributed by atoms with Gasteiger partial charge in [-0.25, -0.2) is 9.37 Å². The summed E-state index contributed by atoms with van der Waals surface area (Å²) in [5.74, 6) is 0.679. The van der Waals surface area contributed by atoms with Crippen molar-refractivity contribution in [2.24, 2.45) is 5.92 Å². The Morgan fingerprint density at radius 1 is 1.17 bits per heavy atom. The van der Waals surface area contributed by atoms with Crippen LogP contribution < -0.4 is 4.74 Å². The number of benzene rings is 2. The lowest BCUT2D eigenvalue weighted by atomic mass is 10.1. The lowest BCUT2D eigenvalue weighted by molar-refractivity contribution is 0.0720. The molecular weight excluding hydrogens is 387 g/mol. The van der Waals surface area contributed by atoms with E-state index in [4.69, 9.17) is 4.74 Å². The normalized spacial score (nSPS) is 10.9. The van der Waals surface area contributed by atoms with Crippen molar-refractivity contribution in [2.75, 3.05) is 6.54 Å². The molecule has 2 aromatic carbocycles. The topological polar surface area (TPSA) is 42.4 Å². The molecule has 6 heteroatoms. The Labute approximate surface area is 175 Å². The summed E-state index contributed by atoms with van der Waals surface area (Å²) in [5.41, 5.74) is 2.39. The molecule has 0 saturated carbocycles. The summed E-state index contributed by atoms with van der Waals surface area (Å²) in [5, 5.41) is 2.82. The van der Waals surface area contributed by atoms with Crippen LogP contribution in [-0.2, 0) is 13.2 Å². The summed E-state index contributed by atoms with van der Waals surface area (Å²) in [4.78, 5) is 19.3. The summed E-state index contributed by atoms with van der Waals surface area (Å²) in [6, 6.07) is 13.5. The van der Waals surface area contributed by atoms with E-state index < -0.39 is 0 Å². The number of aryl methyl sites for hydroxylation is 1. The van der Waals surface area contributed by atoms with Gasteiger partial charge in [0.25, 0.3) is 5.91 Å². The molecule has 0 spiro atoms. The predicted octanol–water partition coefficient (Wildman–Crippen LogP) is 5.47. The third-order valence-electron chi connectivity index (χ3n) is 4.36. The zero-order valence-electron chi connectivity index (χ0n) is 16.9. The highest BCUT2D eigenvalue weighted by molar-refractivity contribution is 7.09. The molecule has 152 valence electrons. The minimum atomic E-state index is -0.352. The van der Waals surface area contributed by atoms with Crippen molar-refractivity contribution in [1.29, 1.82) is 0 Å². The van der Waals surface area contributed by atoms with E-state index >= 15 is 0 Å². The highest BCUT2D eigenvalue weighted by Crippen LogP contribution is 2.20. The molecule has 0 radical (unpaired) electrons. The zero-order valence-corrected chi connectivity index (χ0v) is 17.7. The van der Waals surface area contributed by atoms with Crippen LogP contribution in [0.25, 0.3) is 0 Å². The fourth-order valence-electron chi connectivity index (χ4n) is 2.98. The highest BCUT2D eigenvalue weighted by Gasteiger charge is 2.19. The number of para-hydroxylation sites is 1. The van der Waals surface area contributed by atoms with Crippen LogP contribution in [0, 0.1) is 18.7 Å². The molecule has 4 nitrogen and oxygen atoms in total. The summed E-state index contributed by atoms with van der Waals surface area (Å²) in [7, 11) is 0. The number of nitrogens with zero attached hydrogens (tertiary/aromatic N) is 2. The molecule has 0 saturated heterocycles. The van der Waals surface area contributed by atoms with E-state index in [2.05, 4.69) is 18.8 Å². The Balaban J connectivity index is 1.67. The van der Waals surface area contributed by atoms with E-state index in [-0.39, 0.29) is 11.7 Å². The van der Waals surface area contributed by atoms with E-state index in [9.17, 15) is 9.18 Å². The molecule has 1 aromatic heterocycles. The second-order valence-electron chi connectivity index (χ2n) is 7.37. The van der Waals surface area contributed by atoms with Crippen molar-refractivity contribution >= 4 is 17.2 Å². The maximum atomic E-state index is 13.2. The van der Waals surface area contributed by atoms with Gasteiger partial charge < -0.3 is 9.64 Å². The number of carbonyl (C=O) groups excluding carboxylic acids is 1. The minimum Gasteiger partial charge on any atom is -0.486 e. The van der Waals surface area contributed by atoms with E-state index in [1.165, 1.54) is 35.6 Å². The van der Waals surface area contributed by atoms with Crippen LogP contribution in [0.1, 0.15) is 40.5 Å². The van der Waals surface area contributed by atoms with Gasteiger partial charge >= 0.3 is 0 Å². The number of carbonyl (C=O) groups is 1. The maximum absolute atomic E-state index is 13.2. The Bertz CT molecular complexity index is 954. The van der Waals surface area contributed by atoms with Crippen LogP contribution in [0.15, 0.2) is 53.9 Å². The second-order valence-corrected chi connectivity index (χ2v) is 8.32. The van der Waals surface area contributed by atoms with Crippen molar-refractivity contribution in [3.8, 4) is 5.75 Å². The van der Waals surface area contributed by atoms with Crippen LogP contribution in [0.4, 0.5) is 4.39 Å². The molecule has 3 rings (SSSR count). The quantitative estimate of drug-likeness (QED) is 0.493.